The maximum absolute atomic E-state index is 3.04. The largest absolute Gasteiger partial charge is 0.471 e. The van der Waals surface area contributed by atoms with Gasteiger partial charge in [0.1, 0.15) is 0 Å². The van der Waals surface area contributed by atoms with Gasteiger partial charge in [-0.1, -0.05) is 13.3 Å². The van der Waals surface area contributed by atoms with Gasteiger partial charge in [0.05, 0.1) is 0 Å². The third kappa shape index (κ3) is 2.23. The molecule has 0 unspecified atom stereocenters. The summed E-state index contributed by atoms with van der Waals surface area (Å²) in [5, 5.41) is 0. The third-order valence-electron chi connectivity index (χ3n) is 1.34. The first-order valence-corrected chi connectivity index (χ1v) is 2.87. The van der Waals surface area contributed by atoms with Crippen LogP contribution in [-0.2, 0) is 46.2 Å². The molecule has 0 aliphatic heterocycles. The summed E-state index contributed by atoms with van der Waals surface area (Å²) >= 11 is 0. The molecule has 0 fully saturated rings. The Bertz CT molecular complexity index is 169. The van der Waals surface area contributed by atoms with Crippen LogP contribution >= 0.6 is 0 Å². The zero-order valence-corrected chi connectivity index (χ0v) is 8.72. The molecule has 0 aliphatic rings. The molecule has 0 aromatic carbocycles. The van der Waals surface area contributed by atoms with Crippen molar-refractivity contribution in [3.8, 4) is 0 Å². The first-order chi connectivity index (χ1) is 3.84. The average molecular weight is 197 g/mol. The minimum absolute atomic E-state index is 0. The monoisotopic (exact) mass is 197 g/mol. The molecule has 1 aromatic heterocycles. The Morgan fingerprint density at radius 1 is 1.67 bits per heavy atom. The number of rotatable bonds is 1. The van der Waals surface area contributed by atoms with Crippen molar-refractivity contribution in [1.82, 2.24) is 4.57 Å². The summed E-state index contributed by atoms with van der Waals surface area (Å²) in [5.74, 6) is 0. The fraction of sp³-hybridized carbons (Fsp3) is 0.429. The van der Waals surface area contributed by atoms with E-state index in [1.807, 2.05) is 17.7 Å². The van der Waals surface area contributed by atoms with E-state index in [9.17, 15) is 0 Å². The van der Waals surface area contributed by atoms with Gasteiger partial charge < -0.3 is 4.57 Å². The number of hydrogen-bond acceptors (Lipinski definition) is 0. The summed E-state index contributed by atoms with van der Waals surface area (Å²) in [6, 6.07) is 4.03. The van der Waals surface area contributed by atoms with Crippen molar-refractivity contribution in [1.29, 1.82) is 0 Å². The van der Waals surface area contributed by atoms with Crippen LogP contribution in [0.3, 0.4) is 0 Å². The summed E-state index contributed by atoms with van der Waals surface area (Å²) in [5.41, 5.74) is 1.34. The predicted molar refractivity (Wildman–Crippen MR) is 33.6 cm³/mol. The van der Waals surface area contributed by atoms with Crippen LogP contribution in [-0.4, -0.2) is 4.57 Å². The first-order valence-electron chi connectivity index (χ1n) is 2.87. The Morgan fingerprint density at radius 2 is 2.33 bits per heavy atom. The van der Waals surface area contributed by atoms with Gasteiger partial charge in [0.15, 0.2) is 0 Å². The molecule has 0 spiro atoms. The van der Waals surface area contributed by atoms with Gasteiger partial charge in [0, 0.05) is 32.7 Å². The molecule has 0 N–H and O–H groups in total. The summed E-state index contributed by atoms with van der Waals surface area (Å²) in [6.45, 7) is 2.14. The molecule has 2 heteroatoms. The normalized spacial score (nSPS) is 8.67. The van der Waals surface area contributed by atoms with Crippen LogP contribution in [0.1, 0.15) is 12.6 Å². The molecule has 0 atom stereocenters. The zero-order valence-electron chi connectivity index (χ0n) is 5.89. The quantitative estimate of drug-likeness (QED) is 0.599. The van der Waals surface area contributed by atoms with Crippen LogP contribution < -0.4 is 0 Å². The minimum Gasteiger partial charge on any atom is -0.471 e. The van der Waals surface area contributed by atoms with Crippen molar-refractivity contribution in [2.24, 2.45) is 7.05 Å². The molecule has 47 valence electrons. The van der Waals surface area contributed by atoms with Crippen molar-refractivity contribution in [3.05, 3.63) is 24.0 Å². The second-order valence-electron chi connectivity index (χ2n) is 1.87. The second-order valence-corrected chi connectivity index (χ2v) is 1.87. The van der Waals surface area contributed by atoms with E-state index in [1.165, 1.54) is 5.69 Å². The van der Waals surface area contributed by atoms with Crippen molar-refractivity contribution in [3.63, 3.8) is 0 Å². The van der Waals surface area contributed by atoms with Gasteiger partial charge in [-0.3, -0.25) is 0 Å². The van der Waals surface area contributed by atoms with E-state index in [4.69, 9.17) is 0 Å². The Morgan fingerprint density at radius 3 is 2.56 bits per heavy atom. The van der Waals surface area contributed by atoms with Gasteiger partial charge in [-0.05, 0) is 7.05 Å². The van der Waals surface area contributed by atoms with Gasteiger partial charge in [0.2, 0.25) is 0 Å². The second kappa shape index (κ2) is 4.24. The van der Waals surface area contributed by atoms with Crippen molar-refractivity contribution in [2.75, 3.05) is 0 Å². The average Bonchev–Trinajstić information content (AvgIpc) is 2.14. The van der Waals surface area contributed by atoms with E-state index < -0.39 is 0 Å². The molecule has 9 heavy (non-hydrogen) atoms. The molecule has 0 saturated heterocycles. The Labute approximate surface area is 81.3 Å². The molecule has 0 aliphatic carbocycles. The van der Waals surface area contributed by atoms with Crippen LogP contribution in [0.15, 0.2) is 12.1 Å². The first kappa shape index (κ1) is 9.38. The SMILES string of the molecule is CCc1cc[c-]n1C.[Y]. The van der Waals surface area contributed by atoms with Crippen LogP contribution in [0.5, 0.6) is 0 Å². The standard InChI is InChI=1S/C7H10N.Y/c1-3-7-5-4-6-8(7)2;/h4-5H,3H2,1-2H3;/q-1;. The molecule has 1 aromatic rings. The maximum Gasteiger partial charge on any atom is 0 e. The maximum atomic E-state index is 3.04. The molecule has 0 bridgehead atoms. The molecule has 1 heterocycles. The van der Waals surface area contributed by atoms with Crippen molar-refractivity contribution >= 4 is 0 Å². The van der Waals surface area contributed by atoms with E-state index in [1.54, 1.807) is 0 Å². The predicted octanol–water partition coefficient (Wildman–Crippen LogP) is 1.39. The van der Waals surface area contributed by atoms with Crippen molar-refractivity contribution < 1.29 is 32.7 Å². The zero-order chi connectivity index (χ0) is 5.98. The fourth-order valence-electron chi connectivity index (χ4n) is 0.795. The number of nitrogens with zero attached hydrogens (tertiary/aromatic N) is 1. The molecular weight excluding hydrogens is 187 g/mol. The number of aromatic nitrogens is 1. The van der Waals surface area contributed by atoms with Gasteiger partial charge in [0.25, 0.3) is 0 Å². The molecule has 0 saturated carbocycles. The third-order valence-corrected chi connectivity index (χ3v) is 1.34. The van der Waals surface area contributed by atoms with E-state index in [0.717, 1.165) is 6.42 Å². The molecule has 1 rings (SSSR count). The number of hydrogen-bond donors (Lipinski definition) is 0. The fourth-order valence-corrected chi connectivity index (χ4v) is 0.795. The molecule has 0 amide bonds. The minimum atomic E-state index is 0. The van der Waals surface area contributed by atoms with Crippen molar-refractivity contribution in [2.45, 2.75) is 13.3 Å². The Kier molecular flexibility index (Phi) is 4.42. The van der Waals surface area contributed by atoms with Gasteiger partial charge in [-0.25, -0.2) is 0 Å². The van der Waals surface area contributed by atoms with Crippen LogP contribution in [0.2, 0.25) is 0 Å². The van der Waals surface area contributed by atoms with Crippen LogP contribution in [0, 0.1) is 6.20 Å². The topological polar surface area (TPSA) is 4.93 Å². The Balaban J connectivity index is 0.000000640. The molecule has 1 radical (unpaired) electrons. The summed E-state index contributed by atoms with van der Waals surface area (Å²) in [6.07, 6.45) is 4.13. The smallest absolute Gasteiger partial charge is 0 e. The number of aryl methyl sites for hydroxylation is 2. The van der Waals surface area contributed by atoms with Gasteiger partial charge >= 0.3 is 0 Å². The summed E-state index contributed by atoms with van der Waals surface area (Å²) in [7, 11) is 2.01. The van der Waals surface area contributed by atoms with E-state index >= 15 is 0 Å². The summed E-state index contributed by atoms with van der Waals surface area (Å²) < 4.78 is 2.01. The summed E-state index contributed by atoms with van der Waals surface area (Å²) in [4.78, 5) is 0. The van der Waals surface area contributed by atoms with Gasteiger partial charge in [-0.15, -0.1) is 11.9 Å². The van der Waals surface area contributed by atoms with Gasteiger partial charge in [-0.2, -0.15) is 12.1 Å². The van der Waals surface area contributed by atoms with Crippen LogP contribution in [0.4, 0.5) is 0 Å². The Hall–Kier alpha value is 0.384. The van der Waals surface area contributed by atoms with E-state index in [2.05, 4.69) is 19.2 Å². The molecular formula is C7H10NY-. The van der Waals surface area contributed by atoms with E-state index in [-0.39, 0.29) is 32.7 Å². The molecule has 1 nitrogen and oxygen atoms in total. The van der Waals surface area contributed by atoms with E-state index in [0.29, 0.717) is 0 Å². The van der Waals surface area contributed by atoms with Crippen LogP contribution in [0.25, 0.3) is 0 Å².